The predicted octanol–water partition coefficient (Wildman–Crippen LogP) is 0.981. The van der Waals surface area contributed by atoms with Crippen LogP contribution in [0.2, 0.25) is 0 Å². The Hall–Kier alpha value is -2.48. The van der Waals surface area contributed by atoms with E-state index in [9.17, 15) is 9.59 Å². The SMILES string of the molecule is Cc1nn(-c2nc(C)c(C)c(=O)[nH]2)c(C)c1CCC(=O)N1CCOCC1. The number of nitrogens with zero attached hydrogens (tertiary/aromatic N) is 4. The van der Waals surface area contributed by atoms with Crippen LogP contribution in [-0.2, 0) is 16.0 Å². The Balaban J connectivity index is 1.80. The molecule has 8 nitrogen and oxygen atoms in total. The Labute approximate surface area is 152 Å². The monoisotopic (exact) mass is 359 g/mol. The molecule has 1 N–H and O–H groups in total. The summed E-state index contributed by atoms with van der Waals surface area (Å²) in [6, 6.07) is 0. The summed E-state index contributed by atoms with van der Waals surface area (Å²) in [7, 11) is 0. The van der Waals surface area contributed by atoms with Gasteiger partial charge in [0.05, 0.1) is 18.9 Å². The lowest BCUT2D eigenvalue weighted by Gasteiger charge is -2.26. The van der Waals surface area contributed by atoms with Crippen LogP contribution in [0.25, 0.3) is 5.95 Å². The molecule has 2 aromatic heterocycles. The van der Waals surface area contributed by atoms with E-state index in [0.29, 0.717) is 56.4 Å². The number of hydrogen-bond acceptors (Lipinski definition) is 5. The number of aryl methyl sites for hydroxylation is 2. The van der Waals surface area contributed by atoms with Gasteiger partial charge in [0.25, 0.3) is 5.56 Å². The molecule has 0 bridgehead atoms. The molecule has 1 aliphatic rings. The number of aromatic nitrogens is 4. The van der Waals surface area contributed by atoms with Gasteiger partial charge in [-0.3, -0.25) is 14.6 Å². The molecular weight excluding hydrogens is 334 g/mol. The van der Waals surface area contributed by atoms with E-state index < -0.39 is 0 Å². The lowest BCUT2D eigenvalue weighted by atomic mass is 10.1. The van der Waals surface area contributed by atoms with Crippen molar-refractivity contribution in [3.05, 3.63) is 38.6 Å². The molecule has 1 amide bonds. The van der Waals surface area contributed by atoms with E-state index in [4.69, 9.17) is 4.74 Å². The van der Waals surface area contributed by atoms with Gasteiger partial charge in [-0.15, -0.1) is 0 Å². The fraction of sp³-hybridized carbons (Fsp3) is 0.556. The van der Waals surface area contributed by atoms with Crippen molar-refractivity contribution in [2.45, 2.75) is 40.5 Å². The highest BCUT2D eigenvalue weighted by atomic mass is 16.5. The van der Waals surface area contributed by atoms with E-state index in [1.165, 1.54) is 0 Å². The number of ether oxygens (including phenoxy) is 1. The van der Waals surface area contributed by atoms with Crippen LogP contribution in [0.1, 0.15) is 34.6 Å². The molecule has 140 valence electrons. The zero-order valence-electron chi connectivity index (χ0n) is 15.8. The molecule has 2 aromatic rings. The number of amides is 1. The molecule has 1 fully saturated rings. The summed E-state index contributed by atoms with van der Waals surface area (Å²) in [5.41, 5.74) is 3.88. The number of carbonyl (C=O) groups is 1. The Morgan fingerprint density at radius 1 is 1.15 bits per heavy atom. The first-order chi connectivity index (χ1) is 12.4. The normalized spacial score (nSPS) is 14.7. The zero-order chi connectivity index (χ0) is 18.8. The quantitative estimate of drug-likeness (QED) is 0.878. The summed E-state index contributed by atoms with van der Waals surface area (Å²) in [5, 5.41) is 4.52. The molecule has 1 saturated heterocycles. The first-order valence-corrected chi connectivity index (χ1v) is 8.87. The van der Waals surface area contributed by atoms with Crippen molar-refractivity contribution in [2.24, 2.45) is 0 Å². The standard InChI is InChI=1S/C18H25N5O3/c1-11-12(2)19-18(20-17(11)25)23-14(4)15(13(3)21-23)5-6-16(24)22-7-9-26-10-8-22/h5-10H2,1-4H3,(H,19,20,25). The van der Waals surface area contributed by atoms with Crippen molar-refractivity contribution in [3.8, 4) is 5.95 Å². The summed E-state index contributed by atoms with van der Waals surface area (Å²) in [6.07, 6.45) is 1.05. The molecule has 0 aliphatic carbocycles. The van der Waals surface area contributed by atoms with E-state index in [1.807, 2.05) is 25.7 Å². The number of morpholine rings is 1. The summed E-state index contributed by atoms with van der Waals surface area (Å²) >= 11 is 0. The second-order valence-electron chi connectivity index (χ2n) is 6.65. The molecule has 3 heterocycles. The van der Waals surface area contributed by atoms with Gasteiger partial charge in [0.2, 0.25) is 11.9 Å². The van der Waals surface area contributed by atoms with Crippen molar-refractivity contribution in [1.29, 1.82) is 0 Å². The van der Waals surface area contributed by atoms with E-state index in [2.05, 4.69) is 15.1 Å². The first kappa shape index (κ1) is 18.3. The molecule has 26 heavy (non-hydrogen) atoms. The highest BCUT2D eigenvalue weighted by Gasteiger charge is 2.20. The number of carbonyl (C=O) groups excluding carboxylic acids is 1. The maximum atomic E-state index is 12.4. The third-order valence-corrected chi connectivity index (χ3v) is 4.98. The Kier molecular flexibility index (Phi) is 5.22. The van der Waals surface area contributed by atoms with Crippen LogP contribution >= 0.6 is 0 Å². The fourth-order valence-electron chi connectivity index (χ4n) is 3.18. The van der Waals surface area contributed by atoms with Gasteiger partial charge in [-0.05, 0) is 39.7 Å². The average Bonchev–Trinajstić information content (AvgIpc) is 2.92. The molecule has 0 aromatic carbocycles. The maximum absolute atomic E-state index is 12.4. The van der Waals surface area contributed by atoms with Crippen LogP contribution in [0.15, 0.2) is 4.79 Å². The van der Waals surface area contributed by atoms with Gasteiger partial charge in [0, 0.05) is 36.5 Å². The molecule has 0 spiro atoms. The smallest absolute Gasteiger partial charge is 0.255 e. The zero-order valence-corrected chi connectivity index (χ0v) is 15.8. The van der Waals surface area contributed by atoms with Gasteiger partial charge in [-0.1, -0.05) is 0 Å². The van der Waals surface area contributed by atoms with E-state index in [-0.39, 0.29) is 11.5 Å². The largest absolute Gasteiger partial charge is 0.378 e. The van der Waals surface area contributed by atoms with Gasteiger partial charge >= 0.3 is 0 Å². The minimum absolute atomic E-state index is 0.137. The summed E-state index contributed by atoms with van der Waals surface area (Å²) in [4.78, 5) is 33.5. The highest BCUT2D eigenvalue weighted by Crippen LogP contribution is 2.18. The number of H-pyrrole nitrogens is 1. The van der Waals surface area contributed by atoms with Crippen molar-refractivity contribution in [3.63, 3.8) is 0 Å². The third-order valence-electron chi connectivity index (χ3n) is 4.98. The van der Waals surface area contributed by atoms with E-state index in [1.54, 1.807) is 11.6 Å². The van der Waals surface area contributed by atoms with Crippen molar-refractivity contribution in [1.82, 2.24) is 24.6 Å². The van der Waals surface area contributed by atoms with Gasteiger partial charge < -0.3 is 9.64 Å². The lowest BCUT2D eigenvalue weighted by molar-refractivity contribution is -0.135. The minimum Gasteiger partial charge on any atom is -0.378 e. The molecule has 1 aliphatic heterocycles. The second kappa shape index (κ2) is 7.41. The summed E-state index contributed by atoms with van der Waals surface area (Å²) in [6.45, 7) is 9.92. The second-order valence-corrected chi connectivity index (χ2v) is 6.65. The lowest BCUT2D eigenvalue weighted by Crippen LogP contribution is -2.40. The molecular formula is C18H25N5O3. The van der Waals surface area contributed by atoms with Crippen LogP contribution in [-0.4, -0.2) is 56.9 Å². The highest BCUT2D eigenvalue weighted by molar-refractivity contribution is 5.76. The Bertz CT molecular complexity index is 878. The topological polar surface area (TPSA) is 93.1 Å². The maximum Gasteiger partial charge on any atom is 0.255 e. The van der Waals surface area contributed by atoms with Gasteiger partial charge in [-0.2, -0.15) is 5.10 Å². The van der Waals surface area contributed by atoms with Crippen LogP contribution in [0.4, 0.5) is 0 Å². The third kappa shape index (κ3) is 3.55. The van der Waals surface area contributed by atoms with Crippen molar-refractivity contribution >= 4 is 5.91 Å². The van der Waals surface area contributed by atoms with E-state index >= 15 is 0 Å². The number of nitrogens with one attached hydrogen (secondary N) is 1. The van der Waals surface area contributed by atoms with Gasteiger partial charge in [-0.25, -0.2) is 9.67 Å². The molecule has 3 rings (SSSR count). The molecule has 0 atom stereocenters. The van der Waals surface area contributed by atoms with Crippen LogP contribution in [0.5, 0.6) is 0 Å². The molecule has 0 saturated carbocycles. The Morgan fingerprint density at radius 2 is 1.85 bits per heavy atom. The molecule has 8 heteroatoms. The van der Waals surface area contributed by atoms with Gasteiger partial charge in [0.1, 0.15) is 0 Å². The average molecular weight is 359 g/mol. The number of hydrogen-bond donors (Lipinski definition) is 1. The van der Waals surface area contributed by atoms with Crippen LogP contribution in [0.3, 0.4) is 0 Å². The Morgan fingerprint density at radius 3 is 2.50 bits per heavy atom. The summed E-state index contributed by atoms with van der Waals surface area (Å²) in [5.74, 6) is 0.544. The van der Waals surface area contributed by atoms with Crippen molar-refractivity contribution in [2.75, 3.05) is 26.3 Å². The number of aromatic amines is 1. The van der Waals surface area contributed by atoms with Gasteiger partial charge in [0.15, 0.2) is 0 Å². The summed E-state index contributed by atoms with van der Waals surface area (Å²) < 4.78 is 6.94. The van der Waals surface area contributed by atoms with Crippen LogP contribution in [0, 0.1) is 27.7 Å². The molecule has 0 unspecified atom stereocenters. The minimum atomic E-state index is -0.163. The molecule has 0 radical (unpaired) electrons. The van der Waals surface area contributed by atoms with Crippen molar-refractivity contribution < 1.29 is 9.53 Å². The first-order valence-electron chi connectivity index (χ1n) is 8.87. The predicted molar refractivity (Wildman–Crippen MR) is 96.6 cm³/mol. The van der Waals surface area contributed by atoms with Crippen LogP contribution < -0.4 is 5.56 Å². The van der Waals surface area contributed by atoms with E-state index in [0.717, 1.165) is 17.0 Å². The number of rotatable bonds is 4. The fourth-order valence-corrected chi connectivity index (χ4v) is 3.18.